The maximum Gasteiger partial charge on any atom is 0.0821 e. The van der Waals surface area contributed by atoms with Gasteiger partial charge in [-0.1, -0.05) is 30.3 Å². The van der Waals surface area contributed by atoms with Crippen molar-refractivity contribution in [2.75, 3.05) is 12.9 Å². The van der Waals surface area contributed by atoms with Gasteiger partial charge in [0.1, 0.15) is 0 Å². The van der Waals surface area contributed by atoms with Crippen LogP contribution < -0.4 is 0 Å². The lowest BCUT2D eigenvalue weighted by Crippen LogP contribution is -2.01. The van der Waals surface area contributed by atoms with Gasteiger partial charge in [-0.05, 0) is 24.2 Å². The van der Waals surface area contributed by atoms with Crippen LogP contribution in [-0.4, -0.2) is 12.9 Å². The Bertz CT molecular complexity index is 223. The molecule has 0 N–H and O–H groups in total. The van der Waals surface area contributed by atoms with Crippen molar-refractivity contribution in [1.29, 1.82) is 0 Å². The van der Waals surface area contributed by atoms with Crippen molar-refractivity contribution in [1.82, 2.24) is 0 Å². The number of hydrogen-bond acceptors (Lipinski definition) is 2. The fourth-order valence-corrected chi connectivity index (χ4v) is 1.55. The Morgan fingerprint density at radius 3 is 2.54 bits per heavy atom. The smallest absolute Gasteiger partial charge is 0.0821 e. The first-order valence-corrected chi connectivity index (χ1v) is 5.20. The summed E-state index contributed by atoms with van der Waals surface area (Å²) < 4.78 is 5.40. The molecule has 0 aliphatic carbocycles. The van der Waals surface area contributed by atoms with Crippen molar-refractivity contribution < 1.29 is 4.74 Å². The summed E-state index contributed by atoms with van der Waals surface area (Å²) in [5.74, 6) is 0.923. The van der Waals surface area contributed by atoms with Crippen LogP contribution in [0.4, 0.5) is 0 Å². The molecular formula is C11H16OS. The summed E-state index contributed by atoms with van der Waals surface area (Å²) in [6.07, 6.45) is 2.37. The van der Waals surface area contributed by atoms with Gasteiger partial charge in [-0.15, -0.1) is 0 Å². The SMILES string of the molecule is COC(CCCS)c1ccccc1. The number of ether oxygens (including phenoxy) is 1. The van der Waals surface area contributed by atoms with Crippen LogP contribution in [0.2, 0.25) is 0 Å². The Balaban J connectivity index is 2.56. The van der Waals surface area contributed by atoms with E-state index in [1.807, 2.05) is 18.2 Å². The van der Waals surface area contributed by atoms with Crippen LogP contribution in [0.15, 0.2) is 30.3 Å². The predicted octanol–water partition coefficient (Wildman–Crippen LogP) is 3.08. The number of methoxy groups -OCH3 is 1. The molecule has 1 aromatic rings. The number of hydrogen-bond donors (Lipinski definition) is 1. The van der Waals surface area contributed by atoms with E-state index in [1.165, 1.54) is 5.56 Å². The fourth-order valence-electron chi connectivity index (χ4n) is 1.36. The summed E-state index contributed by atoms with van der Waals surface area (Å²) >= 11 is 4.19. The molecule has 1 unspecified atom stereocenters. The summed E-state index contributed by atoms with van der Waals surface area (Å²) in [7, 11) is 1.76. The molecule has 0 amide bonds. The summed E-state index contributed by atoms with van der Waals surface area (Å²) in [5.41, 5.74) is 1.26. The van der Waals surface area contributed by atoms with Gasteiger partial charge in [0.2, 0.25) is 0 Å². The minimum Gasteiger partial charge on any atom is -0.377 e. The average Bonchev–Trinajstić information content (AvgIpc) is 2.21. The van der Waals surface area contributed by atoms with E-state index in [1.54, 1.807) is 7.11 Å². The highest BCUT2D eigenvalue weighted by Gasteiger charge is 2.08. The van der Waals surface area contributed by atoms with E-state index >= 15 is 0 Å². The summed E-state index contributed by atoms with van der Waals surface area (Å²) in [4.78, 5) is 0. The zero-order valence-electron chi connectivity index (χ0n) is 7.94. The summed E-state index contributed by atoms with van der Waals surface area (Å²) in [6, 6.07) is 10.3. The minimum absolute atomic E-state index is 0.230. The van der Waals surface area contributed by atoms with Crippen molar-refractivity contribution in [3.8, 4) is 0 Å². The number of thiol groups is 1. The van der Waals surface area contributed by atoms with Crippen LogP contribution in [0.1, 0.15) is 24.5 Å². The first-order chi connectivity index (χ1) is 6.38. The monoisotopic (exact) mass is 196 g/mol. The normalized spacial score (nSPS) is 12.8. The van der Waals surface area contributed by atoms with Crippen molar-refractivity contribution in [2.24, 2.45) is 0 Å². The highest BCUT2D eigenvalue weighted by molar-refractivity contribution is 7.80. The molecule has 0 aromatic heterocycles. The Morgan fingerprint density at radius 2 is 2.00 bits per heavy atom. The second-order valence-electron chi connectivity index (χ2n) is 3.00. The van der Waals surface area contributed by atoms with Gasteiger partial charge < -0.3 is 4.74 Å². The lowest BCUT2D eigenvalue weighted by atomic mass is 10.1. The van der Waals surface area contributed by atoms with Crippen LogP contribution >= 0.6 is 12.6 Å². The van der Waals surface area contributed by atoms with Crippen LogP contribution in [0, 0.1) is 0 Å². The molecule has 72 valence electrons. The van der Waals surface area contributed by atoms with Gasteiger partial charge in [0.05, 0.1) is 6.10 Å². The molecule has 0 saturated carbocycles. The predicted molar refractivity (Wildman–Crippen MR) is 59.3 cm³/mol. The molecule has 0 heterocycles. The van der Waals surface area contributed by atoms with Crippen molar-refractivity contribution in [2.45, 2.75) is 18.9 Å². The van der Waals surface area contributed by atoms with E-state index in [0.29, 0.717) is 0 Å². The lowest BCUT2D eigenvalue weighted by molar-refractivity contribution is 0.0953. The zero-order chi connectivity index (χ0) is 9.52. The second kappa shape index (κ2) is 6.06. The fraction of sp³-hybridized carbons (Fsp3) is 0.455. The van der Waals surface area contributed by atoms with Crippen LogP contribution in [0.25, 0.3) is 0 Å². The Kier molecular flexibility index (Phi) is 4.94. The summed E-state index contributed by atoms with van der Waals surface area (Å²) in [6.45, 7) is 0. The summed E-state index contributed by atoms with van der Waals surface area (Å²) in [5, 5.41) is 0. The molecule has 0 radical (unpaired) electrons. The molecule has 13 heavy (non-hydrogen) atoms. The Hall–Kier alpha value is -0.470. The lowest BCUT2D eigenvalue weighted by Gasteiger charge is -2.14. The van der Waals surface area contributed by atoms with Crippen molar-refractivity contribution in [3.05, 3.63) is 35.9 Å². The molecule has 0 saturated heterocycles. The molecule has 1 atom stereocenters. The van der Waals surface area contributed by atoms with Crippen molar-refractivity contribution in [3.63, 3.8) is 0 Å². The molecule has 0 aliphatic heterocycles. The molecule has 0 spiro atoms. The number of benzene rings is 1. The van der Waals surface area contributed by atoms with Gasteiger partial charge >= 0.3 is 0 Å². The quantitative estimate of drug-likeness (QED) is 0.712. The van der Waals surface area contributed by atoms with Crippen LogP contribution in [0.3, 0.4) is 0 Å². The first kappa shape index (κ1) is 10.6. The highest BCUT2D eigenvalue weighted by Crippen LogP contribution is 2.21. The molecule has 1 aromatic carbocycles. The third kappa shape index (κ3) is 3.41. The van der Waals surface area contributed by atoms with E-state index in [-0.39, 0.29) is 6.10 Å². The minimum atomic E-state index is 0.230. The van der Waals surface area contributed by atoms with E-state index in [4.69, 9.17) is 4.74 Å². The van der Waals surface area contributed by atoms with Crippen LogP contribution in [-0.2, 0) is 4.74 Å². The van der Waals surface area contributed by atoms with Crippen molar-refractivity contribution >= 4 is 12.6 Å². The molecule has 2 heteroatoms. The molecule has 1 rings (SSSR count). The third-order valence-corrected chi connectivity index (χ3v) is 2.40. The molecular weight excluding hydrogens is 180 g/mol. The molecule has 0 aliphatic rings. The van der Waals surface area contributed by atoms with Crippen LogP contribution in [0.5, 0.6) is 0 Å². The van der Waals surface area contributed by atoms with Gasteiger partial charge in [0.25, 0.3) is 0 Å². The highest BCUT2D eigenvalue weighted by atomic mass is 32.1. The van der Waals surface area contributed by atoms with Gasteiger partial charge in [0.15, 0.2) is 0 Å². The topological polar surface area (TPSA) is 9.23 Å². The second-order valence-corrected chi connectivity index (χ2v) is 3.45. The molecule has 0 fully saturated rings. The van der Waals surface area contributed by atoms with Gasteiger partial charge in [-0.25, -0.2) is 0 Å². The molecule has 1 nitrogen and oxygen atoms in total. The average molecular weight is 196 g/mol. The van der Waals surface area contributed by atoms with E-state index in [0.717, 1.165) is 18.6 Å². The zero-order valence-corrected chi connectivity index (χ0v) is 8.84. The Labute approximate surface area is 85.5 Å². The van der Waals surface area contributed by atoms with Gasteiger partial charge in [0, 0.05) is 7.11 Å². The molecule has 0 bridgehead atoms. The third-order valence-electron chi connectivity index (χ3n) is 2.08. The van der Waals surface area contributed by atoms with Gasteiger partial charge in [-0.3, -0.25) is 0 Å². The standard InChI is InChI=1S/C11H16OS/c1-12-11(8-5-9-13)10-6-3-2-4-7-10/h2-4,6-7,11,13H,5,8-9H2,1H3. The van der Waals surface area contributed by atoms with E-state index in [2.05, 4.69) is 24.8 Å². The maximum absolute atomic E-state index is 5.40. The first-order valence-electron chi connectivity index (χ1n) is 4.57. The number of rotatable bonds is 5. The maximum atomic E-state index is 5.40. The largest absolute Gasteiger partial charge is 0.377 e. The van der Waals surface area contributed by atoms with E-state index in [9.17, 15) is 0 Å². The van der Waals surface area contributed by atoms with Gasteiger partial charge in [-0.2, -0.15) is 12.6 Å². The van der Waals surface area contributed by atoms with E-state index < -0.39 is 0 Å². The Morgan fingerprint density at radius 1 is 1.31 bits per heavy atom.